The Labute approximate surface area is 101 Å². The highest BCUT2D eigenvalue weighted by Crippen LogP contribution is 2.25. The van der Waals surface area contributed by atoms with Gasteiger partial charge in [0.25, 0.3) is 0 Å². The predicted molar refractivity (Wildman–Crippen MR) is 69.2 cm³/mol. The molecule has 0 spiro atoms. The van der Waals surface area contributed by atoms with E-state index in [2.05, 4.69) is 17.1 Å². The maximum Gasteiger partial charge on any atom is 0.160 e. The van der Waals surface area contributed by atoms with Crippen LogP contribution in [-0.4, -0.2) is 10.8 Å². The molecule has 86 valence electrons. The monoisotopic (exact) mass is 225 g/mol. The van der Waals surface area contributed by atoms with E-state index in [0.717, 1.165) is 27.8 Å². The van der Waals surface area contributed by atoms with Gasteiger partial charge in [-0.25, -0.2) is 0 Å². The maximum absolute atomic E-state index is 11.5. The molecule has 0 saturated carbocycles. The van der Waals surface area contributed by atoms with Gasteiger partial charge in [-0.15, -0.1) is 0 Å². The highest BCUT2D eigenvalue weighted by Gasteiger charge is 2.09. The van der Waals surface area contributed by atoms with Crippen molar-refractivity contribution in [1.29, 1.82) is 0 Å². The van der Waals surface area contributed by atoms with Crippen LogP contribution in [0.2, 0.25) is 0 Å². The van der Waals surface area contributed by atoms with Gasteiger partial charge in [0.1, 0.15) is 0 Å². The van der Waals surface area contributed by atoms with E-state index >= 15 is 0 Å². The molecule has 0 aliphatic carbocycles. The third-order valence-electron chi connectivity index (χ3n) is 2.90. The minimum absolute atomic E-state index is 0.126. The number of ketones is 1. The van der Waals surface area contributed by atoms with E-state index in [1.807, 2.05) is 26.0 Å². The van der Waals surface area contributed by atoms with Gasteiger partial charge in [-0.1, -0.05) is 12.1 Å². The number of carbonyl (C=O) groups is 1. The number of benzene rings is 1. The highest BCUT2D eigenvalue weighted by atomic mass is 16.1. The molecule has 2 aromatic rings. The zero-order valence-electron chi connectivity index (χ0n) is 10.3. The standard InChI is InChI=1S/C15H15NO/c1-10-8-14(13-4-6-16-7-5-13)9-11(2)15(10)12(3)17/h4-9H,1-3H3. The van der Waals surface area contributed by atoms with Crippen molar-refractivity contribution >= 4 is 5.78 Å². The van der Waals surface area contributed by atoms with Crippen LogP contribution in [0, 0.1) is 13.8 Å². The normalized spacial score (nSPS) is 10.3. The number of carbonyl (C=O) groups excluding carboxylic acids is 1. The summed E-state index contributed by atoms with van der Waals surface area (Å²) in [7, 11) is 0. The molecule has 0 aliphatic heterocycles. The van der Waals surface area contributed by atoms with Crippen LogP contribution < -0.4 is 0 Å². The van der Waals surface area contributed by atoms with Crippen molar-refractivity contribution in [2.75, 3.05) is 0 Å². The Kier molecular flexibility index (Phi) is 3.05. The molecule has 1 heterocycles. The van der Waals surface area contributed by atoms with Crippen LogP contribution >= 0.6 is 0 Å². The van der Waals surface area contributed by atoms with Gasteiger partial charge in [0.05, 0.1) is 0 Å². The third-order valence-corrected chi connectivity index (χ3v) is 2.90. The lowest BCUT2D eigenvalue weighted by Crippen LogP contribution is -2.00. The summed E-state index contributed by atoms with van der Waals surface area (Å²) in [5.74, 6) is 0.126. The Balaban J connectivity index is 2.57. The van der Waals surface area contributed by atoms with Crippen LogP contribution in [0.3, 0.4) is 0 Å². The smallest absolute Gasteiger partial charge is 0.160 e. The molecule has 1 aromatic heterocycles. The lowest BCUT2D eigenvalue weighted by Gasteiger charge is -2.10. The summed E-state index contributed by atoms with van der Waals surface area (Å²) in [6.07, 6.45) is 3.55. The van der Waals surface area contributed by atoms with Crippen molar-refractivity contribution in [2.45, 2.75) is 20.8 Å². The van der Waals surface area contributed by atoms with Gasteiger partial charge in [0.15, 0.2) is 5.78 Å². The average molecular weight is 225 g/mol. The van der Waals surface area contributed by atoms with Gasteiger partial charge in [-0.05, 0) is 55.2 Å². The van der Waals surface area contributed by atoms with Crippen LogP contribution in [0.5, 0.6) is 0 Å². The highest BCUT2D eigenvalue weighted by molar-refractivity contribution is 5.97. The van der Waals surface area contributed by atoms with E-state index < -0.39 is 0 Å². The molecule has 17 heavy (non-hydrogen) atoms. The zero-order chi connectivity index (χ0) is 12.4. The minimum atomic E-state index is 0.126. The van der Waals surface area contributed by atoms with Crippen LogP contribution in [0.25, 0.3) is 11.1 Å². The number of aromatic nitrogens is 1. The second kappa shape index (κ2) is 4.50. The molecule has 0 N–H and O–H groups in total. The van der Waals surface area contributed by atoms with Gasteiger partial charge < -0.3 is 0 Å². The molecule has 2 heteroatoms. The Hall–Kier alpha value is -1.96. The Morgan fingerprint density at radius 2 is 1.53 bits per heavy atom. The fourth-order valence-electron chi connectivity index (χ4n) is 2.23. The summed E-state index contributed by atoms with van der Waals surface area (Å²) in [6, 6.07) is 8.06. The van der Waals surface area contributed by atoms with Crippen molar-refractivity contribution in [3.63, 3.8) is 0 Å². The van der Waals surface area contributed by atoms with Gasteiger partial charge in [-0.2, -0.15) is 0 Å². The average Bonchev–Trinajstić information content (AvgIpc) is 2.28. The summed E-state index contributed by atoms with van der Waals surface area (Å²) < 4.78 is 0. The number of rotatable bonds is 2. The lowest BCUT2D eigenvalue weighted by molar-refractivity contribution is 0.101. The van der Waals surface area contributed by atoms with Gasteiger partial charge >= 0.3 is 0 Å². The van der Waals surface area contributed by atoms with Gasteiger partial charge in [0.2, 0.25) is 0 Å². The summed E-state index contributed by atoms with van der Waals surface area (Å²) in [4.78, 5) is 15.5. The van der Waals surface area contributed by atoms with Crippen LogP contribution in [0.4, 0.5) is 0 Å². The molecule has 2 rings (SSSR count). The summed E-state index contributed by atoms with van der Waals surface area (Å²) >= 11 is 0. The number of aryl methyl sites for hydroxylation is 2. The Morgan fingerprint density at radius 3 is 2.00 bits per heavy atom. The summed E-state index contributed by atoms with van der Waals surface area (Å²) in [6.45, 7) is 5.57. The second-order valence-electron chi connectivity index (χ2n) is 4.28. The number of hydrogen-bond acceptors (Lipinski definition) is 2. The van der Waals surface area contributed by atoms with Crippen LogP contribution in [0.15, 0.2) is 36.7 Å². The first kappa shape index (κ1) is 11.5. The van der Waals surface area contributed by atoms with E-state index in [1.165, 1.54) is 0 Å². The van der Waals surface area contributed by atoms with E-state index in [-0.39, 0.29) is 5.78 Å². The molecule has 0 bridgehead atoms. The molecule has 0 fully saturated rings. The summed E-state index contributed by atoms with van der Waals surface area (Å²) in [5.41, 5.74) is 5.16. The van der Waals surface area contributed by atoms with E-state index in [0.29, 0.717) is 0 Å². The third kappa shape index (κ3) is 2.26. The van der Waals surface area contributed by atoms with Gasteiger partial charge in [-0.3, -0.25) is 9.78 Å². The van der Waals surface area contributed by atoms with E-state index in [4.69, 9.17) is 0 Å². The predicted octanol–water partition coefficient (Wildman–Crippen LogP) is 3.57. The first-order valence-electron chi connectivity index (χ1n) is 5.62. The van der Waals surface area contributed by atoms with Crippen molar-refractivity contribution in [3.8, 4) is 11.1 Å². The van der Waals surface area contributed by atoms with Gasteiger partial charge in [0, 0.05) is 18.0 Å². The zero-order valence-corrected chi connectivity index (χ0v) is 10.3. The number of nitrogens with zero attached hydrogens (tertiary/aromatic N) is 1. The van der Waals surface area contributed by atoms with Crippen molar-refractivity contribution < 1.29 is 4.79 Å². The molecular weight excluding hydrogens is 210 g/mol. The van der Waals surface area contributed by atoms with Crippen LogP contribution in [-0.2, 0) is 0 Å². The first-order valence-corrected chi connectivity index (χ1v) is 5.62. The quantitative estimate of drug-likeness (QED) is 0.731. The topological polar surface area (TPSA) is 30.0 Å². The fraction of sp³-hybridized carbons (Fsp3) is 0.200. The Morgan fingerprint density at radius 1 is 1.00 bits per heavy atom. The fourth-order valence-corrected chi connectivity index (χ4v) is 2.23. The molecule has 2 nitrogen and oxygen atoms in total. The molecule has 0 aliphatic rings. The maximum atomic E-state index is 11.5. The molecule has 0 saturated heterocycles. The molecule has 0 unspecified atom stereocenters. The molecule has 0 atom stereocenters. The molecule has 1 aromatic carbocycles. The van der Waals surface area contributed by atoms with E-state index in [9.17, 15) is 4.79 Å². The Bertz CT molecular complexity index is 535. The SMILES string of the molecule is CC(=O)c1c(C)cc(-c2ccncc2)cc1C. The molecule has 0 radical (unpaired) electrons. The molecular formula is C15H15NO. The number of pyridine rings is 1. The number of Topliss-reactive ketones (excluding diaryl/α,β-unsaturated/α-hetero) is 1. The lowest BCUT2D eigenvalue weighted by atomic mass is 9.94. The summed E-state index contributed by atoms with van der Waals surface area (Å²) in [5, 5.41) is 0. The van der Waals surface area contributed by atoms with Crippen LogP contribution in [0.1, 0.15) is 28.4 Å². The van der Waals surface area contributed by atoms with Crippen molar-refractivity contribution in [1.82, 2.24) is 4.98 Å². The second-order valence-corrected chi connectivity index (χ2v) is 4.28. The first-order chi connectivity index (χ1) is 8.09. The van der Waals surface area contributed by atoms with Crippen molar-refractivity contribution in [2.24, 2.45) is 0 Å². The molecule has 0 amide bonds. The number of hydrogen-bond donors (Lipinski definition) is 0. The minimum Gasteiger partial charge on any atom is -0.294 e. The van der Waals surface area contributed by atoms with E-state index in [1.54, 1.807) is 19.3 Å². The van der Waals surface area contributed by atoms with Crippen molar-refractivity contribution in [3.05, 3.63) is 53.3 Å². The largest absolute Gasteiger partial charge is 0.294 e.